The maximum absolute atomic E-state index is 4.08. The van der Waals surface area contributed by atoms with E-state index in [9.17, 15) is 0 Å². The number of thioether (sulfide) groups is 1. The molecule has 0 spiro atoms. The van der Waals surface area contributed by atoms with Crippen LogP contribution in [-0.2, 0) is 13.5 Å². The fourth-order valence-electron chi connectivity index (χ4n) is 1.25. The lowest BCUT2D eigenvalue weighted by Gasteiger charge is -2.13. The van der Waals surface area contributed by atoms with Gasteiger partial charge in [-0.3, -0.25) is 4.68 Å². The molecule has 1 atom stereocenters. The van der Waals surface area contributed by atoms with E-state index in [-0.39, 0.29) is 0 Å². The zero-order valence-corrected chi connectivity index (χ0v) is 9.84. The van der Waals surface area contributed by atoms with Gasteiger partial charge < -0.3 is 5.32 Å². The Balaban J connectivity index is 2.40. The minimum Gasteiger partial charge on any atom is -0.316 e. The van der Waals surface area contributed by atoms with E-state index in [1.54, 1.807) is 4.68 Å². The summed E-state index contributed by atoms with van der Waals surface area (Å²) in [6.45, 7) is 2.18. The molecule has 80 valence electrons. The van der Waals surface area contributed by atoms with Crippen LogP contribution in [0.1, 0.15) is 12.6 Å². The Hall–Kier alpha value is -0.550. The molecule has 0 aliphatic rings. The molecule has 5 heteroatoms. The SMILES string of the molecule is CCSCC(Cc1cn(C)nn1)NC. The smallest absolute Gasteiger partial charge is 0.0842 e. The van der Waals surface area contributed by atoms with Crippen LogP contribution in [0.5, 0.6) is 0 Å². The maximum Gasteiger partial charge on any atom is 0.0842 e. The van der Waals surface area contributed by atoms with E-state index in [2.05, 4.69) is 22.6 Å². The van der Waals surface area contributed by atoms with Gasteiger partial charge in [-0.1, -0.05) is 12.1 Å². The summed E-state index contributed by atoms with van der Waals surface area (Å²) >= 11 is 1.95. The summed E-state index contributed by atoms with van der Waals surface area (Å²) in [5.41, 5.74) is 1.06. The molecule has 0 saturated heterocycles. The van der Waals surface area contributed by atoms with Crippen LogP contribution in [0.25, 0.3) is 0 Å². The van der Waals surface area contributed by atoms with Gasteiger partial charge >= 0.3 is 0 Å². The summed E-state index contributed by atoms with van der Waals surface area (Å²) < 4.78 is 1.75. The fourth-order valence-corrected chi connectivity index (χ4v) is 2.05. The van der Waals surface area contributed by atoms with E-state index in [1.807, 2.05) is 32.1 Å². The fraction of sp³-hybridized carbons (Fsp3) is 0.778. The third-order valence-electron chi connectivity index (χ3n) is 2.04. The molecule has 1 rings (SSSR count). The van der Waals surface area contributed by atoms with Gasteiger partial charge in [0.05, 0.1) is 5.69 Å². The molecule has 1 aromatic rings. The van der Waals surface area contributed by atoms with Crippen LogP contribution < -0.4 is 5.32 Å². The number of hydrogen-bond acceptors (Lipinski definition) is 4. The molecule has 0 saturated carbocycles. The Morgan fingerprint density at radius 3 is 2.93 bits per heavy atom. The lowest BCUT2D eigenvalue weighted by Crippen LogP contribution is -2.30. The number of nitrogens with one attached hydrogen (secondary N) is 1. The maximum atomic E-state index is 4.08. The topological polar surface area (TPSA) is 42.7 Å². The lowest BCUT2D eigenvalue weighted by molar-refractivity contribution is 0.608. The van der Waals surface area contributed by atoms with Crippen molar-refractivity contribution >= 4 is 11.8 Å². The second-order valence-electron chi connectivity index (χ2n) is 3.23. The van der Waals surface area contributed by atoms with Crippen molar-refractivity contribution in [2.45, 2.75) is 19.4 Å². The molecule has 1 aromatic heterocycles. The molecule has 4 nitrogen and oxygen atoms in total. The van der Waals surface area contributed by atoms with E-state index in [0.717, 1.165) is 17.9 Å². The second-order valence-corrected chi connectivity index (χ2v) is 4.55. The number of aromatic nitrogens is 3. The predicted octanol–water partition coefficient (Wildman–Crippen LogP) is 0.699. The molecule has 0 bridgehead atoms. The monoisotopic (exact) mass is 214 g/mol. The molecule has 0 aliphatic heterocycles. The predicted molar refractivity (Wildman–Crippen MR) is 60.6 cm³/mol. The van der Waals surface area contributed by atoms with Gasteiger partial charge in [-0.25, -0.2) is 0 Å². The van der Waals surface area contributed by atoms with Crippen LogP contribution in [0.15, 0.2) is 6.20 Å². The average molecular weight is 214 g/mol. The van der Waals surface area contributed by atoms with Crippen molar-refractivity contribution < 1.29 is 0 Å². The molecule has 0 aliphatic carbocycles. The molecule has 0 amide bonds. The van der Waals surface area contributed by atoms with Crippen molar-refractivity contribution in [1.82, 2.24) is 20.3 Å². The highest BCUT2D eigenvalue weighted by atomic mass is 32.2. The van der Waals surface area contributed by atoms with Crippen molar-refractivity contribution in [3.05, 3.63) is 11.9 Å². The van der Waals surface area contributed by atoms with Crippen LogP contribution in [0, 0.1) is 0 Å². The van der Waals surface area contributed by atoms with Gasteiger partial charge in [-0.05, 0) is 12.8 Å². The number of likely N-dealkylation sites (N-methyl/N-ethyl adjacent to an activating group) is 1. The van der Waals surface area contributed by atoms with E-state index < -0.39 is 0 Å². The van der Waals surface area contributed by atoms with Crippen LogP contribution in [0.3, 0.4) is 0 Å². The summed E-state index contributed by atoms with van der Waals surface area (Å²) in [6.07, 6.45) is 2.93. The number of hydrogen-bond donors (Lipinski definition) is 1. The summed E-state index contributed by atoms with van der Waals surface area (Å²) in [4.78, 5) is 0. The molecule has 1 unspecified atom stereocenters. The van der Waals surface area contributed by atoms with Crippen LogP contribution in [0.2, 0.25) is 0 Å². The zero-order valence-electron chi connectivity index (χ0n) is 9.03. The van der Waals surface area contributed by atoms with Gasteiger partial charge in [0.2, 0.25) is 0 Å². The molecular formula is C9H18N4S. The Labute approximate surface area is 89.5 Å². The van der Waals surface area contributed by atoms with E-state index in [0.29, 0.717) is 6.04 Å². The normalized spacial score (nSPS) is 13.1. The largest absolute Gasteiger partial charge is 0.316 e. The highest BCUT2D eigenvalue weighted by molar-refractivity contribution is 7.99. The summed E-state index contributed by atoms with van der Waals surface area (Å²) in [6, 6.07) is 0.497. The Kier molecular flexibility index (Phi) is 4.97. The number of rotatable bonds is 6. The molecule has 14 heavy (non-hydrogen) atoms. The first-order chi connectivity index (χ1) is 6.76. The standard InChI is InChI=1S/C9H18N4S/c1-4-14-7-9(10-2)5-8-6-13(3)12-11-8/h6,9-10H,4-5,7H2,1-3H3. The van der Waals surface area contributed by atoms with Gasteiger partial charge in [0.25, 0.3) is 0 Å². The molecule has 0 fully saturated rings. The highest BCUT2D eigenvalue weighted by Crippen LogP contribution is 2.06. The molecule has 0 aromatic carbocycles. The van der Waals surface area contributed by atoms with E-state index >= 15 is 0 Å². The first-order valence-electron chi connectivity index (χ1n) is 4.86. The van der Waals surface area contributed by atoms with Gasteiger partial charge in [0, 0.05) is 31.5 Å². The summed E-state index contributed by atoms with van der Waals surface area (Å²) in [7, 11) is 3.89. The Morgan fingerprint density at radius 2 is 2.43 bits per heavy atom. The van der Waals surface area contributed by atoms with Crippen LogP contribution in [-0.4, -0.2) is 39.6 Å². The third kappa shape index (κ3) is 3.67. The van der Waals surface area contributed by atoms with Crippen molar-refractivity contribution in [3.63, 3.8) is 0 Å². The molecule has 1 N–H and O–H groups in total. The Bertz CT molecular complexity index is 261. The van der Waals surface area contributed by atoms with Gasteiger partial charge in [-0.15, -0.1) is 5.10 Å². The van der Waals surface area contributed by atoms with Crippen molar-refractivity contribution in [1.29, 1.82) is 0 Å². The first-order valence-corrected chi connectivity index (χ1v) is 6.02. The van der Waals surface area contributed by atoms with E-state index in [1.165, 1.54) is 5.75 Å². The molecule has 1 heterocycles. The van der Waals surface area contributed by atoms with Crippen molar-refractivity contribution in [3.8, 4) is 0 Å². The average Bonchev–Trinajstić information content (AvgIpc) is 2.58. The minimum absolute atomic E-state index is 0.497. The first kappa shape index (κ1) is 11.5. The second kappa shape index (κ2) is 6.03. The van der Waals surface area contributed by atoms with Crippen LogP contribution >= 0.6 is 11.8 Å². The van der Waals surface area contributed by atoms with Crippen molar-refractivity contribution in [2.24, 2.45) is 7.05 Å². The molecular weight excluding hydrogens is 196 g/mol. The lowest BCUT2D eigenvalue weighted by atomic mass is 10.2. The van der Waals surface area contributed by atoms with Gasteiger partial charge in [0.15, 0.2) is 0 Å². The summed E-state index contributed by atoms with van der Waals surface area (Å²) in [5.74, 6) is 2.29. The zero-order chi connectivity index (χ0) is 10.4. The molecule has 0 radical (unpaired) electrons. The van der Waals surface area contributed by atoms with E-state index in [4.69, 9.17) is 0 Å². The van der Waals surface area contributed by atoms with Gasteiger partial charge in [0.1, 0.15) is 0 Å². The quantitative estimate of drug-likeness (QED) is 0.757. The van der Waals surface area contributed by atoms with Crippen LogP contribution in [0.4, 0.5) is 0 Å². The minimum atomic E-state index is 0.497. The van der Waals surface area contributed by atoms with Gasteiger partial charge in [-0.2, -0.15) is 11.8 Å². The number of aryl methyl sites for hydroxylation is 1. The van der Waals surface area contributed by atoms with Crippen molar-refractivity contribution in [2.75, 3.05) is 18.6 Å². The number of nitrogens with zero attached hydrogens (tertiary/aromatic N) is 3. The Morgan fingerprint density at radius 1 is 1.64 bits per heavy atom. The highest BCUT2D eigenvalue weighted by Gasteiger charge is 2.08. The summed E-state index contributed by atoms with van der Waals surface area (Å²) in [5, 5.41) is 11.3. The third-order valence-corrected chi connectivity index (χ3v) is 3.08.